The zero-order valence-corrected chi connectivity index (χ0v) is 15.9. The summed E-state index contributed by atoms with van der Waals surface area (Å²) in [5.74, 6) is -1.57. The minimum atomic E-state index is -1.10. The first kappa shape index (κ1) is 19.3. The summed E-state index contributed by atoms with van der Waals surface area (Å²) < 4.78 is 15.1. The number of fused-ring (bicyclic) bond motifs is 1. The molecule has 0 bridgehead atoms. The molecule has 1 aromatic carbocycles. The summed E-state index contributed by atoms with van der Waals surface area (Å²) in [4.78, 5) is 40.0. The van der Waals surface area contributed by atoms with Crippen LogP contribution in [-0.2, 0) is 19.0 Å². The van der Waals surface area contributed by atoms with Crippen molar-refractivity contribution in [1.82, 2.24) is 0 Å². The Balaban J connectivity index is 2.09. The lowest BCUT2D eigenvalue weighted by molar-refractivity contribution is -0.139. The molecule has 0 aromatic heterocycles. The highest BCUT2D eigenvalue weighted by molar-refractivity contribution is 6.21. The molecule has 144 valence electrons. The molecule has 0 N–H and O–H groups in total. The van der Waals surface area contributed by atoms with Gasteiger partial charge in [0, 0.05) is 0 Å². The van der Waals surface area contributed by atoms with E-state index in [0.29, 0.717) is 11.4 Å². The van der Waals surface area contributed by atoms with E-state index >= 15 is 0 Å². The predicted molar refractivity (Wildman–Crippen MR) is 97.5 cm³/mol. The first-order chi connectivity index (χ1) is 12.8. The number of esters is 1. The summed E-state index contributed by atoms with van der Waals surface area (Å²) in [6, 6.07) is 6.60. The van der Waals surface area contributed by atoms with E-state index < -0.39 is 41.4 Å². The number of carbonyl (C=O) groups excluding carboxylic acids is 3. The second-order valence-corrected chi connectivity index (χ2v) is 7.02. The molecule has 2 heterocycles. The van der Waals surface area contributed by atoms with Gasteiger partial charge in [0.05, 0.1) is 17.6 Å². The maximum atomic E-state index is 12.7. The summed E-state index contributed by atoms with van der Waals surface area (Å²) in [5, 5.41) is 0. The molecule has 0 fully saturated rings. The fourth-order valence-electron chi connectivity index (χ4n) is 2.97. The van der Waals surface area contributed by atoms with Crippen LogP contribution in [-0.4, -0.2) is 35.4 Å². The maximum absolute atomic E-state index is 12.7. The van der Waals surface area contributed by atoms with Gasteiger partial charge in [-0.2, -0.15) is 0 Å². The van der Waals surface area contributed by atoms with E-state index in [1.165, 1.54) is 36.0 Å². The molecular weight excluding hydrogens is 399 g/mol. The third-order valence-corrected chi connectivity index (χ3v) is 4.09. The SMILES string of the molecule is CC(Cl)OC(=O)N1c2ccccc2N(C(=O)OC(C)Cl)C1C1C=COC1=O. The average Bonchev–Trinajstić information content (AvgIpc) is 3.13. The molecule has 3 rings (SSSR count). The number of alkyl halides is 2. The van der Waals surface area contributed by atoms with Gasteiger partial charge in [-0.05, 0) is 32.1 Å². The van der Waals surface area contributed by atoms with Crippen molar-refractivity contribution in [1.29, 1.82) is 0 Å². The highest BCUT2D eigenvalue weighted by Crippen LogP contribution is 2.44. The van der Waals surface area contributed by atoms with Crippen molar-refractivity contribution < 1.29 is 28.6 Å². The van der Waals surface area contributed by atoms with Crippen LogP contribution in [0.2, 0.25) is 0 Å². The highest BCUT2D eigenvalue weighted by Gasteiger charge is 2.51. The van der Waals surface area contributed by atoms with Crippen molar-refractivity contribution in [2.24, 2.45) is 5.92 Å². The number of anilines is 2. The molecule has 2 amide bonds. The summed E-state index contributed by atoms with van der Waals surface area (Å²) in [7, 11) is 0. The molecule has 0 aliphatic carbocycles. The van der Waals surface area contributed by atoms with Crippen molar-refractivity contribution in [3.05, 3.63) is 36.6 Å². The molecule has 0 radical (unpaired) electrons. The number of rotatable bonds is 3. The maximum Gasteiger partial charge on any atom is 0.417 e. The largest absolute Gasteiger partial charge is 0.434 e. The Morgan fingerprint density at radius 2 is 1.52 bits per heavy atom. The summed E-state index contributed by atoms with van der Waals surface area (Å²) in [6.45, 7) is 2.95. The fraction of sp³-hybridized carbons (Fsp3) is 0.353. The van der Waals surface area contributed by atoms with E-state index in [-0.39, 0.29) is 0 Å². The van der Waals surface area contributed by atoms with Crippen LogP contribution < -0.4 is 9.80 Å². The lowest BCUT2D eigenvalue weighted by atomic mass is 10.1. The molecule has 1 aromatic rings. The number of cyclic esters (lactones) is 1. The Bertz CT molecular complexity index is 748. The number of benzene rings is 1. The molecule has 3 atom stereocenters. The van der Waals surface area contributed by atoms with E-state index in [9.17, 15) is 14.4 Å². The van der Waals surface area contributed by atoms with E-state index in [1.54, 1.807) is 24.3 Å². The highest BCUT2D eigenvalue weighted by atomic mass is 35.5. The van der Waals surface area contributed by atoms with Crippen molar-refractivity contribution in [3.63, 3.8) is 0 Å². The van der Waals surface area contributed by atoms with Gasteiger partial charge in [-0.15, -0.1) is 0 Å². The van der Waals surface area contributed by atoms with Crippen molar-refractivity contribution in [2.75, 3.05) is 9.80 Å². The van der Waals surface area contributed by atoms with E-state index in [1.807, 2.05) is 0 Å². The van der Waals surface area contributed by atoms with Gasteiger partial charge in [0.1, 0.15) is 12.1 Å². The third-order valence-electron chi connectivity index (χ3n) is 3.91. The Morgan fingerprint density at radius 1 is 1.04 bits per heavy atom. The third kappa shape index (κ3) is 3.68. The van der Waals surface area contributed by atoms with Gasteiger partial charge < -0.3 is 14.2 Å². The number of hydrogen-bond acceptors (Lipinski definition) is 6. The van der Waals surface area contributed by atoms with Crippen LogP contribution >= 0.6 is 23.2 Å². The number of halogens is 2. The van der Waals surface area contributed by atoms with Gasteiger partial charge in [0.25, 0.3) is 0 Å². The van der Waals surface area contributed by atoms with Gasteiger partial charge >= 0.3 is 18.2 Å². The number of hydrogen-bond donors (Lipinski definition) is 0. The first-order valence-corrected chi connectivity index (χ1v) is 8.92. The molecule has 8 nitrogen and oxygen atoms in total. The van der Waals surface area contributed by atoms with Crippen LogP contribution in [0.3, 0.4) is 0 Å². The number of ether oxygens (including phenoxy) is 3. The van der Waals surface area contributed by atoms with Crippen LogP contribution in [0.4, 0.5) is 21.0 Å². The van der Waals surface area contributed by atoms with Crippen LogP contribution in [0.5, 0.6) is 0 Å². The number of nitrogens with zero attached hydrogens (tertiary/aromatic N) is 2. The minimum Gasteiger partial charge on any atom is -0.434 e. The van der Waals surface area contributed by atoms with Crippen molar-refractivity contribution in [2.45, 2.75) is 31.1 Å². The summed E-state index contributed by atoms with van der Waals surface area (Å²) in [6.07, 6.45) is -0.0839. The van der Waals surface area contributed by atoms with Crippen LogP contribution in [0.15, 0.2) is 36.6 Å². The monoisotopic (exact) mass is 414 g/mol. The van der Waals surface area contributed by atoms with Gasteiger partial charge in [-0.3, -0.25) is 14.6 Å². The lowest BCUT2D eigenvalue weighted by Gasteiger charge is -2.31. The van der Waals surface area contributed by atoms with Crippen LogP contribution in [0.25, 0.3) is 0 Å². The minimum absolute atomic E-state index is 0.358. The molecule has 0 saturated carbocycles. The zero-order valence-electron chi connectivity index (χ0n) is 14.4. The van der Waals surface area contributed by atoms with E-state index in [0.717, 1.165) is 0 Å². The summed E-state index contributed by atoms with van der Waals surface area (Å²) >= 11 is 11.6. The zero-order chi connectivity index (χ0) is 19.7. The Labute approximate surface area is 165 Å². The standard InChI is InChI=1S/C17H16Cl2N2O6/c1-9(18)26-16(23)20-12-5-3-4-6-13(12)21(17(24)27-10(2)19)14(20)11-7-8-25-15(11)22/h3-11,14H,1-2H3. The van der Waals surface area contributed by atoms with Gasteiger partial charge in [-0.25, -0.2) is 9.59 Å². The van der Waals surface area contributed by atoms with Crippen molar-refractivity contribution in [3.8, 4) is 0 Å². The molecule has 10 heteroatoms. The molecule has 0 saturated heterocycles. The average molecular weight is 415 g/mol. The molecule has 3 unspecified atom stereocenters. The van der Waals surface area contributed by atoms with E-state index in [2.05, 4.69) is 0 Å². The normalized spacial score (nSPS) is 22.9. The Kier molecular flexibility index (Phi) is 5.48. The van der Waals surface area contributed by atoms with Gasteiger partial charge in [0.2, 0.25) is 0 Å². The molecule has 27 heavy (non-hydrogen) atoms. The molecule has 0 spiro atoms. The smallest absolute Gasteiger partial charge is 0.417 e. The van der Waals surface area contributed by atoms with Crippen LogP contribution in [0.1, 0.15) is 13.8 Å². The summed E-state index contributed by atoms with van der Waals surface area (Å²) in [5.41, 5.74) is -1.12. The van der Waals surface area contributed by atoms with Gasteiger partial charge in [0.15, 0.2) is 11.1 Å². The fourth-order valence-corrected chi connectivity index (χ4v) is 3.12. The van der Waals surface area contributed by atoms with Gasteiger partial charge in [-0.1, -0.05) is 35.3 Å². The van der Waals surface area contributed by atoms with Crippen molar-refractivity contribution >= 4 is 52.7 Å². The number of carbonyl (C=O) groups is 3. The quantitative estimate of drug-likeness (QED) is 0.425. The Hall–Kier alpha value is -2.45. The van der Waals surface area contributed by atoms with E-state index in [4.69, 9.17) is 37.4 Å². The Morgan fingerprint density at radius 3 is 1.89 bits per heavy atom. The van der Waals surface area contributed by atoms with Crippen LogP contribution in [0, 0.1) is 5.92 Å². The molecular formula is C17H16Cl2N2O6. The second kappa shape index (κ2) is 7.66. The number of para-hydroxylation sites is 2. The first-order valence-electron chi connectivity index (χ1n) is 8.05. The lowest BCUT2D eigenvalue weighted by Crippen LogP contribution is -2.54. The second-order valence-electron chi connectivity index (χ2n) is 5.79. The predicted octanol–water partition coefficient (Wildman–Crippen LogP) is 3.77. The number of amides is 2. The topological polar surface area (TPSA) is 85.4 Å². The molecule has 2 aliphatic rings. The molecule has 2 aliphatic heterocycles.